The zero-order valence-electron chi connectivity index (χ0n) is 19.3. The number of nitrogens with zero attached hydrogens (tertiary/aromatic N) is 1. The van der Waals surface area contributed by atoms with Crippen molar-refractivity contribution in [2.24, 2.45) is 0 Å². The number of rotatable bonds is 10. The molecule has 0 saturated heterocycles. The third kappa shape index (κ3) is 6.05. The monoisotopic (exact) mass is 493 g/mol. The van der Waals surface area contributed by atoms with Gasteiger partial charge in [0.2, 0.25) is 0 Å². The second kappa shape index (κ2) is 11.1. The molecule has 0 saturated carbocycles. The fraction of sp³-hybridized carbons (Fsp3) is 0.308. The molecule has 2 amide bonds. The number of hydrogen-bond donors (Lipinski definition) is 3. The Morgan fingerprint density at radius 2 is 1.74 bits per heavy atom. The lowest BCUT2D eigenvalue weighted by molar-refractivity contribution is -0.137. The van der Waals surface area contributed by atoms with Crippen molar-refractivity contribution in [1.29, 1.82) is 0 Å². The van der Waals surface area contributed by atoms with Crippen molar-refractivity contribution in [3.05, 3.63) is 75.7 Å². The highest BCUT2D eigenvalue weighted by Crippen LogP contribution is 2.44. The molecule has 9 heteroatoms. The van der Waals surface area contributed by atoms with E-state index in [0.29, 0.717) is 22.7 Å². The molecule has 182 valence electrons. The third-order valence-corrected chi connectivity index (χ3v) is 6.91. The molecule has 1 aliphatic rings. The SMILES string of the molecule is CC(CCCC(=O)O)NC(=O)c1cnc(CNC(=O)OCC2c3ccccc3-c3ccccc32)s1. The summed E-state index contributed by atoms with van der Waals surface area (Å²) in [6.07, 6.45) is 2.08. The Morgan fingerprint density at radius 3 is 2.40 bits per heavy atom. The Bertz CT molecular complexity index is 1180. The lowest BCUT2D eigenvalue weighted by Crippen LogP contribution is -2.32. The molecule has 35 heavy (non-hydrogen) atoms. The van der Waals surface area contributed by atoms with Crippen LogP contribution in [0.25, 0.3) is 11.1 Å². The van der Waals surface area contributed by atoms with Crippen LogP contribution in [0.2, 0.25) is 0 Å². The third-order valence-electron chi connectivity index (χ3n) is 5.91. The Balaban J connectivity index is 1.25. The van der Waals surface area contributed by atoms with Gasteiger partial charge in [0.1, 0.15) is 16.5 Å². The average molecular weight is 494 g/mol. The molecule has 0 aliphatic heterocycles. The van der Waals surface area contributed by atoms with Crippen molar-refractivity contribution < 1.29 is 24.2 Å². The molecule has 1 aliphatic carbocycles. The van der Waals surface area contributed by atoms with Crippen molar-refractivity contribution >= 4 is 29.3 Å². The van der Waals surface area contributed by atoms with Gasteiger partial charge in [0.25, 0.3) is 5.91 Å². The first-order chi connectivity index (χ1) is 16.9. The normalized spacial score (nSPS) is 12.9. The second-order valence-electron chi connectivity index (χ2n) is 8.46. The molecule has 1 unspecified atom stereocenters. The van der Waals surface area contributed by atoms with Crippen LogP contribution < -0.4 is 10.6 Å². The van der Waals surface area contributed by atoms with Crippen LogP contribution in [0.1, 0.15) is 57.9 Å². The first-order valence-electron chi connectivity index (χ1n) is 11.5. The number of hydrogen-bond acceptors (Lipinski definition) is 6. The predicted octanol–water partition coefficient (Wildman–Crippen LogP) is 4.56. The van der Waals surface area contributed by atoms with E-state index in [1.807, 2.05) is 31.2 Å². The number of aromatic nitrogens is 1. The molecule has 3 aromatic rings. The Morgan fingerprint density at radius 1 is 1.09 bits per heavy atom. The molecule has 1 atom stereocenters. The van der Waals surface area contributed by atoms with Gasteiger partial charge in [-0.1, -0.05) is 48.5 Å². The van der Waals surface area contributed by atoms with E-state index in [1.165, 1.54) is 28.7 Å². The summed E-state index contributed by atoms with van der Waals surface area (Å²) in [5, 5.41) is 14.8. The second-order valence-corrected chi connectivity index (χ2v) is 9.57. The van der Waals surface area contributed by atoms with Gasteiger partial charge >= 0.3 is 12.1 Å². The molecule has 2 aromatic carbocycles. The first kappa shape index (κ1) is 24.4. The van der Waals surface area contributed by atoms with E-state index in [1.54, 1.807) is 0 Å². The minimum Gasteiger partial charge on any atom is -0.481 e. The Kier molecular flexibility index (Phi) is 7.77. The smallest absolute Gasteiger partial charge is 0.407 e. The number of carboxylic acids is 1. The number of ether oxygens (including phenoxy) is 1. The summed E-state index contributed by atoms with van der Waals surface area (Å²) < 4.78 is 5.53. The number of benzene rings is 2. The minimum absolute atomic E-state index is 0.0131. The van der Waals surface area contributed by atoms with Crippen LogP contribution in [0.15, 0.2) is 54.7 Å². The van der Waals surface area contributed by atoms with Crippen LogP contribution in [-0.2, 0) is 16.1 Å². The number of carbonyl (C=O) groups is 3. The largest absolute Gasteiger partial charge is 0.481 e. The molecular weight excluding hydrogens is 466 g/mol. The van der Waals surface area contributed by atoms with Gasteiger partial charge in [-0.3, -0.25) is 9.59 Å². The first-order valence-corrected chi connectivity index (χ1v) is 12.3. The summed E-state index contributed by atoms with van der Waals surface area (Å²) in [5.74, 6) is -1.13. The number of aliphatic carboxylic acids is 1. The van der Waals surface area contributed by atoms with Crippen molar-refractivity contribution in [2.75, 3.05) is 6.61 Å². The predicted molar refractivity (Wildman–Crippen MR) is 132 cm³/mol. The van der Waals surface area contributed by atoms with Crippen LogP contribution in [0.3, 0.4) is 0 Å². The van der Waals surface area contributed by atoms with E-state index in [4.69, 9.17) is 9.84 Å². The summed E-state index contributed by atoms with van der Waals surface area (Å²) in [5.41, 5.74) is 4.63. The number of amides is 2. The van der Waals surface area contributed by atoms with E-state index in [0.717, 1.165) is 11.1 Å². The fourth-order valence-electron chi connectivity index (χ4n) is 4.22. The van der Waals surface area contributed by atoms with Gasteiger partial charge in [-0.2, -0.15) is 0 Å². The van der Waals surface area contributed by atoms with Gasteiger partial charge in [-0.15, -0.1) is 11.3 Å². The quantitative estimate of drug-likeness (QED) is 0.381. The van der Waals surface area contributed by atoms with Crippen molar-refractivity contribution in [3.63, 3.8) is 0 Å². The molecule has 1 heterocycles. The van der Waals surface area contributed by atoms with Crippen molar-refractivity contribution in [1.82, 2.24) is 15.6 Å². The topological polar surface area (TPSA) is 118 Å². The Labute approximate surface area is 207 Å². The summed E-state index contributed by atoms with van der Waals surface area (Å²) in [6, 6.07) is 16.2. The number of alkyl carbamates (subject to hydrolysis) is 1. The summed E-state index contributed by atoms with van der Waals surface area (Å²) >= 11 is 1.19. The van der Waals surface area contributed by atoms with Gasteiger partial charge in [0.05, 0.1) is 12.7 Å². The van der Waals surface area contributed by atoms with Crippen LogP contribution in [0.4, 0.5) is 4.79 Å². The molecule has 8 nitrogen and oxygen atoms in total. The summed E-state index contributed by atoms with van der Waals surface area (Å²) in [4.78, 5) is 40.0. The summed E-state index contributed by atoms with van der Waals surface area (Å²) in [6.45, 7) is 2.22. The molecule has 4 rings (SSSR count). The number of fused-ring (bicyclic) bond motifs is 3. The highest BCUT2D eigenvalue weighted by Gasteiger charge is 2.29. The maximum Gasteiger partial charge on any atom is 0.407 e. The molecule has 1 aromatic heterocycles. The van der Waals surface area contributed by atoms with E-state index >= 15 is 0 Å². The molecule has 0 bridgehead atoms. The number of thiazole rings is 1. The van der Waals surface area contributed by atoms with Crippen LogP contribution in [0.5, 0.6) is 0 Å². The number of nitrogens with one attached hydrogen (secondary N) is 2. The molecule has 0 spiro atoms. The van der Waals surface area contributed by atoms with Crippen LogP contribution >= 0.6 is 11.3 Å². The molecule has 3 N–H and O–H groups in total. The van der Waals surface area contributed by atoms with E-state index in [9.17, 15) is 14.4 Å². The van der Waals surface area contributed by atoms with E-state index < -0.39 is 12.1 Å². The zero-order chi connectivity index (χ0) is 24.8. The van der Waals surface area contributed by atoms with E-state index in [-0.39, 0.29) is 37.4 Å². The zero-order valence-corrected chi connectivity index (χ0v) is 20.1. The fourth-order valence-corrected chi connectivity index (χ4v) is 4.98. The highest BCUT2D eigenvalue weighted by molar-refractivity contribution is 7.13. The molecular formula is C26H27N3O5S. The van der Waals surface area contributed by atoms with Gasteiger partial charge in [0.15, 0.2) is 0 Å². The number of carboxylic acid groups (broad SMARTS) is 1. The van der Waals surface area contributed by atoms with Gasteiger partial charge < -0.3 is 20.5 Å². The summed E-state index contributed by atoms with van der Waals surface area (Å²) in [7, 11) is 0. The average Bonchev–Trinajstić information content (AvgIpc) is 3.44. The lowest BCUT2D eigenvalue weighted by Gasteiger charge is -2.14. The molecule has 0 radical (unpaired) electrons. The molecule has 0 fully saturated rings. The van der Waals surface area contributed by atoms with Gasteiger partial charge in [-0.25, -0.2) is 9.78 Å². The van der Waals surface area contributed by atoms with E-state index in [2.05, 4.69) is 39.9 Å². The van der Waals surface area contributed by atoms with Crippen LogP contribution in [-0.4, -0.2) is 40.7 Å². The lowest BCUT2D eigenvalue weighted by atomic mass is 9.98. The maximum atomic E-state index is 12.4. The minimum atomic E-state index is -0.848. The maximum absolute atomic E-state index is 12.4. The van der Waals surface area contributed by atoms with Crippen molar-refractivity contribution in [3.8, 4) is 11.1 Å². The van der Waals surface area contributed by atoms with Gasteiger partial charge in [0, 0.05) is 18.4 Å². The van der Waals surface area contributed by atoms with Gasteiger partial charge in [-0.05, 0) is 42.0 Å². The number of carbonyl (C=O) groups excluding carboxylic acids is 2. The van der Waals surface area contributed by atoms with Crippen molar-refractivity contribution in [2.45, 2.75) is 44.7 Å². The highest BCUT2D eigenvalue weighted by atomic mass is 32.1. The Hall–Kier alpha value is -3.72. The van der Waals surface area contributed by atoms with Crippen LogP contribution in [0, 0.1) is 0 Å². The standard InChI is InChI=1S/C26H27N3O5S/c1-16(7-6-12-24(30)31)29-25(32)22-13-27-23(35-22)14-28-26(33)34-15-21-19-10-4-2-8-17(19)18-9-3-5-11-20(18)21/h2-5,8-11,13,16,21H,6-7,12,14-15H2,1H3,(H,28,33)(H,29,32)(H,30,31).